The summed E-state index contributed by atoms with van der Waals surface area (Å²) in [4.78, 5) is 34.9. The number of rotatable bonds is 10. The van der Waals surface area contributed by atoms with E-state index in [1.165, 1.54) is 29.9 Å². The van der Waals surface area contributed by atoms with E-state index in [1.54, 1.807) is 16.3 Å². The number of hydrogen-bond acceptors (Lipinski definition) is 18. The number of fused-ring (bicyclic) bond motifs is 2. The standard InChI is InChI=1S/C15H22N6O5S.C11H15N5O3S/c1-27(3-2-7(16)15(24)25)4-8-10(22)11(23)14(26-8)21-6-20-9-12(17)18-5-19-13(9)21;1-20-2-5-7(17)8(18)11(19-5)16-4-15-6-9(12)13-3-14-10(6)16/h5-8,10-11,14,22-23H,2-4,16H2,1H3,(H2-,17,18,19,24,25);3-5,7-8,11,17-18H,2H2,1H3,(H2,12,13,14)/t7-,8+,10+,11+,14+,27?;5-,7-,8-,11-/m01/s1. The molecule has 10 N–H and O–H groups in total. The van der Waals surface area contributed by atoms with E-state index in [0.717, 1.165) is 0 Å². The number of carbonyl (C=O) groups excluding carboxylic acids is 1. The molecule has 0 amide bonds. The molecular weight excluding hydrogens is 658 g/mol. The van der Waals surface area contributed by atoms with Crippen LogP contribution in [0.4, 0.5) is 11.6 Å². The van der Waals surface area contributed by atoms with E-state index in [0.29, 0.717) is 39.6 Å². The van der Waals surface area contributed by atoms with Crippen molar-refractivity contribution in [2.75, 3.05) is 41.2 Å². The first kappa shape index (κ1) is 34.9. The summed E-state index contributed by atoms with van der Waals surface area (Å²) >= 11 is 1.54. The zero-order chi connectivity index (χ0) is 34.0. The van der Waals surface area contributed by atoms with Crippen LogP contribution in [-0.2, 0) is 25.2 Å². The number of carboxylic acid groups (broad SMARTS) is 1. The fourth-order valence-corrected chi connectivity index (χ4v) is 7.54. The lowest BCUT2D eigenvalue weighted by Gasteiger charge is -2.16. The van der Waals surface area contributed by atoms with E-state index < -0.39 is 61.1 Å². The van der Waals surface area contributed by atoms with Gasteiger partial charge in [-0.1, -0.05) is 0 Å². The van der Waals surface area contributed by atoms with Crippen molar-refractivity contribution in [3.63, 3.8) is 0 Å². The Morgan fingerprint density at radius 3 is 1.87 bits per heavy atom. The van der Waals surface area contributed by atoms with Crippen LogP contribution < -0.4 is 22.3 Å². The van der Waals surface area contributed by atoms with Crippen molar-refractivity contribution in [3.05, 3.63) is 25.3 Å². The molecule has 4 aromatic rings. The molecular formula is C26H37N11O8S2. The molecule has 0 bridgehead atoms. The highest BCUT2D eigenvalue weighted by Gasteiger charge is 2.47. The zero-order valence-corrected chi connectivity index (χ0v) is 27.0. The molecule has 1 unspecified atom stereocenters. The number of aliphatic hydroxyl groups excluding tert-OH is 4. The van der Waals surface area contributed by atoms with Crippen LogP contribution in [0, 0.1) is 0 Å². The Morgan fingerprint density at radius 1 is 0.894 bits per heavy atom. The van der Waals surface area contributed by atoms with Gasteiger partial charge in [-0.3, -0.25) is 9.13 Å². The van der Waals surface area contributed by atoms with E-state index in [-0.39, 0.29) is 29.0 Å². The van der Waals surface area contributed by atoms with E-state index in [1.807, 2.05) is 12.5 Å². The first-order valence-electron chi connectivity index (χ1n) is 14.4. The second-order valence-corrected chi connectivity index (χ2v) is 14.3. The van der Waals surface area contributed by atoms with Crippen LogP contribution in [0.2, 0.25) is 0 Å². The van der Waals surface area contributed by atoms with Crippen molar-refractivity contribution in [1.29, 1.82) is 0 Å². The summed E-state index contributed by atoms with van der Waals surface area (Å²) in [5.41, 5.74) is 18.7. The number of carboxylic acids is 1. The van der Waals surface area contributed by atoms with Crippen LogP contribution in [0.25, 0.3) is 22.3 Å². The molecule has 6 heterocycles. The minimum atomic E-state index is -1.28. The van der Waals surface area contributed by atoms with Gasteiger partial charge in [0.2, 0.25) is 0 Å². The number of nitrogens with two attached hydrogens (primary N) is 3. The fraction of sp³-hybridized carbons (Fsp3) is 0.577. The molecule has 19 nitrogen and oxygen atoms in total. The Balaban J connectivity index is 0.000000193. The fourth-order valence-electron chi connectivity index (χ4n) is 5.28. The van der Waals surface area contributed by atoms with Gasteiger partial charge in [-0.2, -0.15) is 11.8 Å². The maximum absolute atomic E-state index is 10.7. The Morgan fingerprint density at radius 2 is 1.38 bits per heavy atom. The van der Waals surface area contributed by atoms with Crippen LogP contribution >= 0.6 is 11.8 Å². The number of imidazole rings is 2. The maximum atomic E-state index is 10.7. The average Bonchev–Trinajstić information content (AvgIpc) is 3.80. The smallest absolute Gasteiger partial charge is 0.167 e. The van der Waals surface area contributed by atoms with E-state index in [4.69, 9.17) is 26.7 Å². The quantitative estimate of drug-likeness (QED) is 0.0781. The molecule has 0 radical (unpaired) electrons. The SMILES string of the molecule is CSC[C@H]1O[C@@H](n2cnc3c(N)ncnc32)[C@H](O)[C@@H]1O.C[S+](CC[C@H](N)C(=O)[O-])C[C@H]1O[C@@H](n2cnc3c(N)ncnc32)[C@H](O)[C@@H]1O. The Hall–Kier alpha value is -3.41. The molecule has 6 rings (SSSR count). The highest BCUT2D eigenvalue weighted by Crippen LogP contribution is 2.34. The molecule has 2 fully saturated rings. The normalized spacial score (nSPS) is 28.7. The molecule has 256 valence electrons. The summed E-state index contributed by atoms with van der Waals surface area (Å²) in [6.45, 7) is 0. The lowest BCUT2D eigenvalue weighted by Crippen LogP contribution is -2.43. The zero-order valence-electron chi connectivity index (χ0n) is 25.4. The van der Waals surface area contributed by atoms with Crippen molar-refractivity contribution in [2.45, 2.75) is 61.5 Å². The third kappa shape index (κ3) is 7.22. The Kier molecular flexibility index (Phi) is 11.0. The predicted octanol–water partition coefficient (Wildman–Crippen LogP) is -3.87. The largest absolute Gasteiger partial charge is 0.548 e. The Labute approximate surface area is 274 Å². The molecule has 0 aliphatic carbocycles. The molecule has 0 saturated carbocycles. The van der Waals surface area contributed by atoms with Crippen LogP contribution in [0.1, 0.15) is 18.9 Å². The van der Waals surface area contributed by atoms with Gasteiger partial charge in [0.15, 0.2) is 35.4 Å². The van der Waals surface area contributed by atoms with E-state index in [9.17, 15) is 30.3 Å². The number of nitrogen functional groups attached to an aromatic ring is 2. The highest BCUT2D eigenvalue weighted by atomic mass is 32.2. The minimum Gasteiger partial charge on any atom is -0.548 e. The van der Waals surface area contributed by atoms with Crippen molar-refractivity contribution in [2.24, 2.45) is 5.73 Å². The Bertz CT molecular complexity index is 1680. The molecule has 2 aliphatic rings. The van der Waals surface area contributed by atoms with Gasteiger partial charge in [-0.05, 0) is 17.2 Å². The first-order chi connectivity index (χ1) is 22.4. The van der Waals surface area contributed by atoms with E-state index >= 15 is 0 Å². The first-order valence-corrected chi connectivity index (χ1v) is 17.7. The second kappa shape index (κ2) is 14.8. The van der Waals surface area contributed by atoms with Crippen LogP contribution in [0.3, 0.4) is 0 Å². The number of nitrogens with zero attached hydrogens (tertiary/aromatic N) is 8. The molecule has 10 atom stereocenters. The average molecular weight is 696 g/mol. The number of ether oxygens (including phenoxy) is 2. The summed E-state index contributed by atoms with van der Waals surface area (Å²) in [5.74, 6) is 0.801. The minimum absolute atomic E-state index is 0.211. The lowest BCUT2D eigenvalue weighted by atomic mass is 10.1. The summed E-state index contributed by atoms with van der Waals surface area (Å²) < 4.78 is 14.7. The van der Waals surface area contributed by atoms with Gasteiger partial charge in [0.25, 0.3) is 0 Å². The van der Waals surface area contributed by atoms with E-state index in [2.05, 4.69) is 29.9 Å². The lowest BCUT2D eigenvalue weighted by molar-refractivity contribution is -0.307. The molecule has 4 aromatic heterocycles. The number of aliphatic hydroxyl groups is 4. The number of hydrogen-bond donors (Lipinski definition) is 7. The number of aromatic nitrogens is 8. The van der Waals surface area contributed by atoms with Crippen molar-refractivity contribution in [3.8, 4) is 0 Å². The summed E-state index contributed by atoms with van der Waals surface area (Å²) in [5, 5.41) is 51.7. The number of thioether (sulfide) groups is 1. The summed E-state index contributed by atoms with van der Waals surface area (Å²) in [7, 11) is -0.263. The van der Waals surface area contributed by atoms with Crippen molar-refractivity contribution >= 4 is 62.6 Å². The van der Waals surface area contributed by atoms with Gasteiger partial charge in [0, 0.05) is 18.2 Å². The van der Waals surface area contributed by atoms with Gasteiger partial charge in [-0.15, -0.1) is 0 Å². The van der Waals surface area contributed by atoms with Crippen LogP contribution in [-0.4, -0.2) is 138 Å². The van der Waals surface area contributed by atoms with Gasteiger partial charge < -0.3 is 57.0 Å². The van der Waals surface area contributed by atoms with Gasteiger partial charge in [-0.25, -0.2) is 29.9 Å². The monoisotopic (exact) mass is 695 g/mol. The number of aliphatic carboxylic acids is 1. The number of carbonyl (C=O) groups is 1. The highest BCUT2D eigenvalue weighted by molar-refractivity contribution is 7.98. The molecule has 0 aromatic carbocycles. The van der Waals surface area contributed by atoms with Gasteiger partial charge in [0.1, 0.15) is 65.7 Å². The van der Waals surface area contributed by atoms with Crippen molar-refractivity contribution in [1.82, 2.24) is 39.0 Å². The molecule has 2 aliphatic heterocycles. The third-order valence-corrected chi connectivity index (χ3v) is 10.3. The molecule has 21 heteroatoms. The molecule has 47 heavy (non-hydrogen) atoms. The topological polar surface area (TPSA) is 305 Å². The van der Waals surface area contributed by atoms with Crippen molar-refractivity contribution < 1.29 is 39.8 Å². The maximum Gasteiger partial charge on any atom is 0.167 e. The molecule has 0 spiro atoms. The second-order valence-electron chi connectivity index (χ2n) is 11.1. The van der Waals surface area contributed by atoms with Crippen LogP contribution in [0.15, 0.2) is 25.3 Å². The molecule has 2 saturated heterocycles. The predicted molar refractivity (Wildman–Crippen MR) is 170 cm³/mol. The third-order valence-electron chi connectivity index (χ3n) is 7.86. The summed E-state index contributed by atoms with van der Waals surface area (Å²) in [6, 6.07) is -1.02. The number of anilines is 2. The van der Waals surface area contributed by atoms with Gasteiger partial charge in [0.05, 0.1) is 31.0 Å². The van der Waals surface area contributed by atoms with Gasteiger partial charge >= 0.3 is 0 Å². The van der Waals surface area contributed by atoms with Crippen LogP contribution in [0.5, 0.6) is 0 Å². The summed E-state index contributed by atoms with van der Waals surface area (Å²) in [6.07, 6.45) is 2.74.